The number of rotatable bonds is 1. The normalized spacial score (nSPS) is 29.6. The van der Waals surface area contributed by atoms with Gasteiger partial charge in [0.2, 0.25) is 0 Å². The van der Waals surface area contributed by atoms with Gasteiger partial charge in [-0.3, -0.25) is 0 Å². The Labute approximate surface area is 116 Å². The van der Waals surface area contributed by atoms with Gasteiger partial charge in [0, 0.05) is 10.9 Å². The van der Waals surface area contributed by atoms with Gasteiger partial charge in [-0.15, -0.1) is 0 Å². The average molecular weight is 299 g/mol. The molecule has 0 radical (unpaired) electrons. The Bertz CT molecular complexity index is 612. The smallest absolute Gasteiger partial charge is 0.153 e. The summed E-state index contributed by atoms with van der Waals surface area (Å²) in [5.41, 5.74) is 2.17. The van der Waals surface area contributed by atoms with Crippen molar-refractivity contribution in [2.24, 2.45) is 0 Å². The summed E-state index contributed by atoms with van der Waals surface area (Å²) in [6.07, 6.45) is 0. The largest absolute Gasteiger partial charge is 0.322 e. The van der Waals surface area contributed by atoms with E-state index in [1.54, 1.807) is 0 Å². The zero-order valence-corrected chi connectivity index (χ0v) is 12.3. The van der Waals surface area contributed by atoms with Crippen molar-refractivity contribution < 1.29 is 8.42 Å². The van der Waals surface area contributed by atoms with Crippen LogP contribution >= 0.6 is 24.0 Å². The minimum absolute atomic E-state index is 0.00796. The third-order valence-electron chi connectivity index (χ3n) is 3.43. The highest BCUT2D eigenvalue weighted by molar-refractivity contribution is 8.24. The van der Waals surface area contributed by atoms with Crippen LogP contribution in [0.25, 0.3) is 0 Å². The van der Waals surface area contributed by atoms with E-state index in [0.29, 0.717) is 0 Å². The molecule has 0 bridgehead atoms. The first-order chi connectivity index (χ1) is 8.48. The molecule has 2 aliphatic heterocycles. The summed E-state index contributed by atoms with van der Waals surface area (Å²) in [4.78, 5) is 2.03. The molecule has 0 saturated carbocycles. The van der Waals surface area contributed by atoms with Crippen LogP contribution < -0.4 is 4.90 Å². The molecular formula is C12H13NO2S3. The number of benzene rings is 1. The number of anilines is 1. The standard InChI is InChI=1S/C12H13NO2S3/c1-8-4-2-3-5-9(8)13-10-6-18(14,15)7-11(10)17-12(13)16/h2-5,10-11H,6-7H2,1H3/t10-,11+/m0/s1. The van der Waals surface area contributed by atoms with Crippen LogP contribution in [-0.4, -0.2) is 35.5 Å². The van der Waals surface area contributed by atoms with E-state index in [4.69, 9.17) is 12.2 Å². The van der Waals surface area contributed by atoms with Gasteiger partial charge in [0.05, 0.1) is 17.5 Å². The predicted octanol–water partition coefficient (Wildman–Crippen LogP) is 2.00. The van der Waals surface area contributed by atoms with Crippen molar-refractivity contribution in [1.82, 2.24) is 0 Å². The lowest BCUT2D eigenvalue weighted by Crippen LogP contribution is -2.37. The SMILES string of the molecule is Cc1ccccc1N1C(=S)S[C@@H]2CS(=O)(=O)C[C@@H]21. The molecule has 0 aliphatic carbocycles. The van der Waals surface area contributed by atoms with Crippen LogP contribution in [0.3, 0.4) is 0 Å². The van der Waals surface area contributed by atoms with Crippen molar-refractivity contribution in [2.45, 2.75) is 18.2 Å². The summed E-state index contributed by atoms with van der Waals surface area (Å²) in [6, 6.07) is 7.99. The van der Waals surface area contributed by atoms with E-state index in [9.17, 15) is 8.42 Å². The van der Waals surface area contributed by atoms with E-state index >= 15 is 0 Å². The Hall–Kier alpha value is -0.590. The van der Waals surface area contributed by atoms with Crippen molar-refractivity contribution in [2.75, 3.05) is 16.4 Å². The van der Waals surface area contributed by atoms with Gasteiger partial charge in [-0.1, -0.05) is 42.2 Å². The number of nitrogens with zero attached hydrogens (tertiary/aromatic N) is 1. The molecule has 6 heteroatoms. The molecule has 3 rings (SSSR count). The zero-order valence-electron chi connectivity index (χ0n) is 9.87. The van der Waals surface area contributed by atoms with E-state index in [-0.39, 0.29) is 22.8 Å². The lowest BCUT2D eigenvalue weighted by atomic mass is 10.1. The number of hydrogen-bond acceptors (Lipinski definition) is 4. The fourth-order valence-electron chi connectivity index (χ4n) is 2.58. The Morgan fingerprint density at radius 1 is 1.33 bits per heavy atom. The Morgan fingerprint density at radius 3 is 2.78 bits per heavy atom. The first-order valence-electron chi connectivity index (χ1n) is 5.74. The van der Waals surface area contributed by atoms with Crippen molar-refractivity contribution in [1.29, 1.82) is 0 Å². The van der Waals surface area contributed by atoms with Gasteiger partial charge in [0.15, 0.2) is 9.84 Å². The van der Waals surface area contributed by atoms with E-state index in [1.165, 1.54) is 11.8 Å². The first kappa shape index (κ1) is 12.4. The van der Waals surface area contributed by atoms with Crippen molar-refractivity contribution in [3.63, 3.8) is 0 Å². The van der Waals surface area contributed by atoms with Gasteiger partial charge >= 0.3 is 0 Å². The molecule has 2 saturated heterocycles. The molecule has 2 fully saturated rings. The highest BCUT2D eigenvalue weighted by atomic mass is 32.2. The molecule has 3 nitrogen and oxygen atoms in total. The summed E-state index contributed by atoms with van der Waals surface area (Å²) in [7, 11) is -2.90. The first-order valence-corrected chi connectivity index (χ1v) is 8.85. The maximum absolute atomic E-state index is 11.7. The number of thioether (sulfide) groups is 1. The lowest BCUT2D eigenvalue weighted by molar-refractivity contribution is 0.601. The number of fused-ring (bicyclic) bond motifs is 1. The molecule has 2 aliphatic rings. The maximum Gasteiger partial charge on any atom is 0.153 e. The van der Waals surface area contributed by atoms with E-state index in [1.807, 2.05) is 36.1 Å². The molecule has 0 spiro atoms. The third-order valence-corrected chi connectivity index (χ3v) is 7.02. The van der Waals surface area contributed by atoms with Crippen molar-refractivity contribution >= 4 is 43.8 Å². The number of hydrogen-bond donors (Lipinski definition) is 0. The fourth-order valence-corrected chi connectivity index (χ4v) is 6.94. The van der Waals surface area contributed by atoms with E-state index in [0.717, 1.165) is 15.6 Å². The Morgan fingerprint density at radius 2 is 2.06 bits per heavy atom. The van der Waals surface area contributed by atoms with Crippen LogP contribution in [0, 0.1) is 6.92 Å². The van der Waals surface area contributed by atoms with Gasteiger partial charge in [-0.25, -0.2) is 8.42 Å². The second-order valence-corrected chi connectivity index (χ2v) is 8.75. The average Bonchev–Trinajstić information content (AvgIpc) is 2.70. The molecule has 96 valence electrons. The molecule has 0 unspecified atom stereocenters. The van der Waals surface area contributed by atoms with Crippen molar-refractivity contribution in [3.05, 3.63) is 29.8 Å². The number of thiocarbonyl (C=S) groups is 1. The van der Waals surface area contributed by atoms with Gasteiger partial charge in [-0.2, -0.15) is 0 Å². The van der Waals surface area contributed by atoms with E-state index < -0.39 is 9.84 Å². The van der Waals surface area contributed by atoms with Gasteiger partial charge < -0.3 is 4.90 Å². The zero-order chi connectivity index (χ0) is 12.9. The van der Waals surface area contributed by atoms with Crippen molar-refractivity contribution in [3.8, 4) is 0 Å². The number of sulfone groups is 1. The molecule has 1 aromatic rings. The summed E-state index contributed by atoms with van der Waals surface area (Å²) in [5.74, 6) is 0.476. The van der Waals surface area contributed by atoms with Crippen LogP contribution in [0.15, 0.2) is 24.3 Å². The molecule has 18 heavy (non-hydrogen) atoms. The maximum atomic E-state index is 11.7. The van der Waals surface area contributed by atoms with Crippen LogP contribution in [0.1, 0.15) is 5.56 Å². The summed E-state index contributed by atoms with van der Waals surface area (Å²) in [6.45, 7) is 2.03. The second-order valence-electron chi connectivity index (χ2n) is 4.72. The molecule has 0 aromatic heterocycles. The minimum Gasteiger partial charge on any atom is -0.322 e. The molecule has 0 amide bonds. The lowest BCUT2D eigenvalue weighted by Gasteiger charge is -2.25. The molecular weight excluding hydrogens is 286 g/mol. The monoisotopic (exact) mass is 299 g/mol. The second kappa shape index (κ2) is 4.21. The van der Waals surface area contributed by atoms with E-state index in [2.05, 4.69) is 0 Å². The highest BCUT2D eigenvalue weighted by Crippen LogP contribution is 2.41. The molecule has 2 atom stereocenters. The summed E-state index contributed by atoms with van der Waals surface area (Å²) in [5, 5.41) is 0.0992. The number of aryl methyl sites for hydroxylation is 1. The Balaban J connectivity index is 2.02. The highest BCUT2D eigenvalue weighted by Gasteiger charge is 2.48. The summed E-state index contributed by atoms with van der Waals surface area (Å²) < 4.78 is 24.3. The van der Waals surface area contributed by atoms with Gasteiger partial charge in [-0.05, 0) is 18.6 Å². The quantitative estimate of drug-likeness (QED) is 0.742. The summed E-state index contributed by atoms with van der Waals surface area (Å²) >= 11 is 6.93. The van der Waals surface area contributed by atoms with Gasteiger partial charge in [0.25, 0.3) is 0 Å². The van der Waals surface area contributed by atoms with Crippen LogP contribution in [0.5, 0.6) is 0 Å². The topological polar surface area (TPSA) is 37.4 Å². The third kappa shape index (κ3) is 1.96. The molecule has 0 N–H and O–H groups in total. The predicted molar refractivity (Wildman–Crippen MR) is 80.1 cm³/mol. The van der Waals surface area contributed by atoms with Gasteiger partial charge in [0.1, 0.15) is 4.32 Å². The minimum atomic E-state index is -2.90. The number of para-hydroxylation sites is 1. The molecule has 2 heterocycles. The molecule has 1 aromatic carbocycles. The van der Waals surface area contributed by atoms with Crippen LogP contribution in [-0.2, 0) is 9.84 Å². The van der Waals surface area contributed by atoms with Crippen LogP contribution in [0.4, 0.5) is 5.69 Å². The van der Waals surface area contributed by atoms with Crippen LogP contribution in [0.2, 0.25) is 0 Å². The fraction of sp³-hybridized carbons (Fsp3) is 0.417. The Kier molecular flexibility index (Phi) is 2.91.